The number of nitrogen functional groups attached to an aromatic ring is 1. The number of carbonyl (C=O) groups is 2. The number of nitrogens with one attached hydrogen (secondary N) is 1. The van der Waals surface area contributed by atoms with E-state index in [0.29, 0.717) is 35.4 Å². The van der Waals surface area contributed by atoms with Gasteiger partial charge in [0.25, 0.3) is 5.91 Å². The first kappa shape index (κ1) is 24.2. The summed E-state index contributed by atoms with van der Waals surface area (Å²) >= 11 is 0. The summed E-state index contributed by atoms with van der Waals surface area (Å²) in [5, 5.41) is 15.6. The number of amides is 1. The van der Waals surface area contributed by atoms with Gasteiger partial charge in [0, 0.05) is 54.8 Å². The lowest BCUT2D eigenvalue weighted by molar-refractivity contribution is 0.0562. The van der Waals surface area contributed by atoms with Crippen molar-refractivity contribution in [2.75, 3.05) is 5.73 Å². The van der Waals surface area contributed by atoms with Crippen molar-refractivity contribution in [3.63, 3.8) is 0 Å². The highest BCUT2D eigenvalue weighted by atomic mass is 16.2. The number of rotatable bonds is 5. The average molecular weight is 537 g/mol. The van der Waals surface area contributed by atoms with Crippen LogP contribution >= 0.6 is 0 Å². The van der Waals surface area contributed by atoms with E-state index >= 15 is 0 Å². The highest BCUT2D eigenvalue weighted by Crippen LogP contribution is 2.45. The molecule has 5 aromatic rings. The maximum Gasteiger partial charge on any atom is 0.272 e. The number of anilines is 1. The number of nitrogens with zero attached hydrogens (tertiary/aromatic N) is 8. The standard InChI is InChI=1S/C28H28N10O2/c1-15(39)24-25(17-11-18-4-5-19(12-17)37(18)28(40)23-7-9-31-34-23)33-27-20(14-32-38(27)26(24)29)16-3-6-21(30-13-16)22-8-10-36(2)35-22/h3,6-10,13-14,17-19H,4-5,11-12,29H2,1-2H3,(H,31,34)/t17-,18-,19+. The van der Waals surface area contributed by atoms with Crippen molar-refractivity contribution in [1.82, 2.24) is 44.5 Å². The molecule has 7 rings (SSSR count). The van der Waals surface area contributed by atoms with Crippen LogP contribution in [0.15, 0.2) is 49.1 Å². The fraction of sp³-hybridized carbons (Fsp3) is 0.321. The quantitative estimate of drug-likeness (QED) is 0.325. The fourth-order valence-corrected chi connectivity index (χ4v) is 6.40. The Morgan fingerprint density at radius 3 is 2.48 bits per heavy atom. The van der Waals surface area contributed by atoms with E-state index in [2.05, 4.69) is 25.4 Å². The average Bonchev–Trinajstić information content (AvgIpc) is 3.75. The molecule has 7 heterocycles. The summed E-state index contributed by atoms with van der Waals surface area (Å²) in [7, 11) is 1.87. The van der Waals surface area contributed by atoms with Gasteiger partial charge in [-0.3, -0.25) is 24.4 Å². The number of hydrogen-bond donors (Lipinski definition) is 2. The number of hydrogen-bond acceptors (Lipinski definition) is 8. The summed E-state index contributed by atoms with van der Waals surface area (Å²) < 4.78 is 3.27. The second-order valence-corrected chi connectivity index (χ2v) is 10.6. The number of pyridine rings is 1. The van der Waals surface area contributed by atoms with Gasteiger partial charge in [0.2, 0.25) is 0 Å². The topological polar surface area (TPSA) is 153 Å². The summed E-state index contributed by atoms with van der Waals surface area (Å²) in [6.45, 7) is 1.51. The van der Waals surface area contributed by atoms with Gasteiger partial charge in [-0.1, -0.05) is 6.07 Å². The number of ketones is 1. The Balaban J connectivity index is 1.26. The molecule has 3 N–H and O–H groups in total. The minimum absolute atomic E-state index is 0.0121. The minimum Gasteiger partial charge on any atom is -0.383 e. The molecular formula is C28H28N10O2. The normalized spacial score (nSPS) is 20.4. The summed E-state index contributed by atoms with van der Waals surface area (Å²) in [6.07, 6.45) is 10.2. The first-order valence-corrected chi connectivity index (χ1v) is 13.4. The molecule has 2 aliphatic heterocycles. The van der Waals surface area contributed by atoms with Crippen molar-refractivity contribution in [3.8, 4) is 22.5 Å². The zero-order chi connectivity index (χ0) is 27.5. The Kier molecular flexibility index (Phi) is 5.51. The van der Waals surface area contributed by atoms with Gasteiger partial charge < -0.3 is 10.6 Å². The van der Waals surface area contributed by atoms with Crippen LogP contribution in [-0.2, 0) is 7.05 Å². The fourth-order valence-electron chi connectivity index (χ4n) is 6.40. The molecule has 0 radical (unpaired) electrons. The molecule has 3 atom stereocenters. The summed E-state index contributed by atoms with van der Waals surface area (Å²) in [5.74, 6) is 0.0867. The van der Waals surface area contributed by atoms with Crippen LogP contribution in [0.4, 0.5) is 5.82 Å². The van der Waals surface area contributed by atoms with Crippen molar-refractivity contribution in [2.45, 2.75) is 50.6 Å². The number of aromatic amines is 1. The van der Waals surface area contributed by atoms with Crippen LogP contribution in [-0.4, -0.2) is 68.2 Å². The lowest BCUT2D eigenvalue weighted by Crippen LogP contribution is -2.46. The first-order chi connectivity index (χ1) is 19.4. The molecule has 2 saturated heterocycles. The zero-order valence-electron chi connectivity index (χ0n) is 22.2. The first-order valence-electron chi connectivity index (χ1n) is 13.4. The Labute approximate surface area is 229 Å². The molecule has 0 unspecified atom stereocenters. The summed E-state index contributed by atoms with van der Waals surface area (Å²) in [6, 6.07) is 7.62. The third-order valence-electron chi connectivity index (χ3n) is 8.20. The monoisotopic (exact) mass is 536 g/mol. The van der Waals surface area contributed by atoms with Crippen LogP contribution in [0.3, 0.4) is 0 Å². The Morgan fingerprint density at radius 1 is 1.05 bits per heavy atom. The van der Waals surface area contributed by atoms with Crippen molar-refractivity contribution in [3.05, 3.63) is 66.0 Å². The van der Waals surface area contributed by atoms with E-state index in [0.717, 1.165) is 35.4 Å². The van der Waals surface area contributed by atoms with Crippen LogP contribution in [0.5, 0.6) is 0 Å². The predicted octanol–water partition coefficient (Wildman–Crippen LogP) is 3.25. The number of Topliss-reactive ketones (excluding diaryl/α,β-unsaturated/α-hetero) is 1. The molecule has 12 nitrogen and oxygen atoms in total. The molecular weight excluding hydrogens is 508 g/mol. The molecule has 202 valence electrons. The smallest absolute Gasteiger partial charge is 0.272 e. The van der Waals surface area contributed by atoms with E-state index in [1.807, 2.05) is 36.3 Å². The molecule has 12 heteroatoms. The highest BCUT2D eigenvalue weighted by Gasteiger charge is 2.45. The molecule has 2 fully saturated rings. The second kappa shape index (κ2) is 9.11. The molecule has 0 aliphatic carbocycles. The Morgan fingerprint density at radius 2 is 1.85 bits per heavy atom. The third kappa shape index (κ3) is 3.78. The van der Waals surface area contributed by atoms with Crippen molar-refractivity contribution < 1.29 is 9.59 Å². The Bertz CT molecular complexity index is 1740. The van der Waals surface area contributed by atoms with Crippen molar-refractivity contribution in [1.29, 1.82) is 0 Å². The molecule has 2 bridgehead atoms. The summed E-state index contributed by atoms with van der Waals surface area (Å²) in [4.78, 5) is 37.7. The molecule has 40 heavy (non-hydrogen) atoms. The van der Waals surface area contributed by atoms with Gasteiger partial charge in [-0.25, -0.2) is 4.98 Å². The van der Waals surface area contributed by atoms with Crippen LogP contribution in [0.2, 0.25) is 0 Å². The maximum absolute atomic E-state index is 13.2. The van der Waals surface area contributed by atoms with Gasteiger partial charge in [0.1, 0.15) is 17.2 Å². The van der Waals surface area contributed by atoms with E-state index in [-0.39, 0.29) is 35.5 Å². The highest BCUT2D eigenvalue weighted by molar-refractivity contribution is 6.00. The Hall–Kier alpha value is -4.87. The number of H-pyrrole nitrogens is 1. The van der Waals surface area contributed by atoms with E-state index < -0.39 is 0 Å². The predicted molar refractivity (Wildman–Crippen MR) is 146 cm³/mol. The number of aryl methyl sites for hydroxylation is 1. The van der Waals surface area contributed by atoms with E-state index in [1.54, 1.807) is 29.3 Å². The van der Waals surface area contributed by atoms with Gasteiger partial charge in [0.05, 0.1) is 23.1 Å². The molecule has 2 aliphatic rings. The maximum atomic E-state index is 13.2. The van der Waals surface area contributed by atoms with E-state index in [9.17, 15) is 9.59 Å². The number of nitrogens with two attached hydrogens (primary N) is 1. The van der Waals surface area contributed by atoms with Crippen LogP contribution in [0.25, 0.3) is 28.2 Å². The van der Waals surface area contributed by atoms with Gasteiger partial charge in [0.15, 0.2) is 11.4 Å². The number of carbonyl (C=O) groups excluding carboxylic acids is 2. The molecule has 0 spiro atoms. The van der Waals surface area contributed by atoms with Crippen LogP contribution in [0.1, 0.15) is 65.1 Å². The van der Waals surface area contributed by atoms with E-state index in [1.165, 1.54) is 11.4 Å². The molecule has 5 aromatic heterocycles. The molecule has 0 aromatic carbocycles. The largest absolute Gasteiger partial charge is 0.383 e. The lowest BCUT2D eigenvalue weighted by Gasteiger charge is -2.39. The minimum atomic E-state index is -0.149. The summed E-state index contributed by atoms with van der Waals surface area (Å²) in [5.41, 5.74) is 11.9. The third-order valence-corrected chi connectivity index (χ3v) is 8.20. The number of fused-ring (bicyclic) bond motifs is 3. The number of piperidine rings is 1. The van der Waals surface area contributed by atoms with Gasteiger partial charge in [-0.05, 0) is 50.8 Å². The second-order valence-electron chi connectivity index (χ2n) is 10.6. The van der Waals surface area contributed by atoms with Crippen LogP contribution in [0, 0.1) is 0 Å². The van der Waals surface area contributed by atoms with Crippen LogP contribution < -0.4 is 5.73 Å². The van der Waals surface area contributed by atoms with Gasteiger partial charge in [-0.2, -0.15) is 19.8 Å². The van der Waals surface area contributed by atoms with Gasteiger partial charge >= 0.3 is 0 Å². The van der Waals surface area contributed by atoms with Gasteiger partial charge in [-0.15, -0.1) is 0 Å². The van der Waals surface area contributed by atoms with Crippen molar-refractivity contribution in [2.24, 2.45) is 7.05 Å². The molecule has 1 amide bonds. The number of aromatic nitrogens is 8. The van der Waals surface area contributed by atoms with E-state index in [4.69, 9.17) is 10.7 Å². The SMILES string of the molecule is CC(=O)c1c([C@@H]2C[C@H]3CC[C@@H](C2)N3C(=O)c2ccn[nH]2)nc2c(-c3ccc(-c4ccn(C)n4)nc3)cnn2c1N. The zero-order valence-corrected chi connectivity index (χ0v) is 22.2. The lowest BCUT2D eigenvalue weighted by atomic mass is 9.85. The van der Waals surface area contributed by atoms with Crippen molar-refractivity contribution >= 4 is 23.2 Å². The molecule has 0 saturated carbocycles.